The van der Waals surface area contributed by atoms with Crippen molar-refractivity contribution in [1.82, 2.24) is 0 Å². The van der Waals surface area contributed by atoms with E-state index < -0.39 is 0 Å². The summed E-state index contributed by atoms with van der Waals surface area (Å²) in [5, 5.41) is 0. The Morgan fingerprint density at radius 1 is 1.44 bits per heavy atom. The lowest BCUT2D eigenvalue weighted by Gasteiger charge is -2.08. The normalized spacial score (nSPS) is 20.0. The van der Waals surface area contributed by atoms with Crippen LogP contribution in [0.4, 0.5) is 4.39 Å². The third-order valence-corrected chi connectivity index (χ3v) is 2.73. The Morgan fingerprint density at radius 3 is 2.89 bits per heavy atom. The van der Waals surface area contributed by atoms with Gasteiger partial charge in [0.05, 0.1) is 5.92 Å². The summed E-state index contributed by atoms with van der Waals surface area (Å²) in [4.78, 5) is 0. The van der Waals surface area contributed by atoms with E-state index in [1.54, 1.807) is 12.1 Å². The van der Waals surface area contributed by atoms with E-state index in [2.05, 4.69) is 11.8 Å². The average Bonchev–Trinajstić information content (AvgIpc) is 2.89. The van der Waals surface area contributed by atoms with Gasteiger partial charge in [-0.15, -0.1) is 0 Å². The molecule has 96 valence electrons. The van der Waals surface area contributed by atoms with Crippen LogP contribution in [-0.2, 0) is 4.74 Å². The molecule has 2 unspecified atom stereocenters. The van der Waals surface area contributed by atoms with E-state index in [0.29, 0.717) is 12.4 Å². The lowest BCUT2D eigenvalue weighted by atomic mass is 10.2. The second kappa shape index (κ2) is 6.42. The lowest BCUT2D eigenvalue weighted by molar-refractivity contribution is 0.152. The Morgan fingerprint density at radius 2 is 2.22 bits per heavy atom. The fraction of sp³-hybridized carbons (Fsp3) is 0.467. The second-order valence-corrected chi connectivity index (χ2v) is 4.46. The quantitative estimate of drug-likeness (QED) is 0.765. The molecule has 0 saturated carbocycles. The highest BCUT2D eigenvalue weighted by atomic mass is 19.1. The molecule has 1 aromatic carbocycles. The Kier molecular flexibility index (Phi) is 4.60. The first-order valence-corrected chi connectivity index (χ1v) is 6.25. The molecule has 0 bridgehead atoms. The van der Waals surface area contributed by atoms with E-state index in [0.717, 1.165) is 19.4 Å². The largest absolute Gasteiger partial charge is 0.492 e. The van der Waals surface area contributed by atoms with Gasteiger partial charge in [-0.1, -0.05) is 11.8 Å². The van der Waals surface area contributed by atoms with Crippen LogP contribution in [0.15, 0.2) is 24.3 Å². The highest BCUT2D eigenvalue weighted by Gasteiger charge is 2.12. The van der Waals surface area contributed by atoms with Crippen LogP contribution in [0.2, 0.25) is 0 Å². The first kappa shape index (κ1) is 12.9. The molecule has 18 heavy (non-hydrogen) atoms. The summed E-state index contributed by atoms with van der Waals surface area (Å²) in [6, 6.07) is 6.02. The molecule has 0 aliphatic carbocycles. The van der Waals surface area contributed by atoms with Gasteiger partial charge in [0, 0.05) is 6.61 Å². The average molecular weight is 248 g/mol. The fourth-order valence-corrected chi connectivity index (χ4v) is 1.72. The third kappa shape index (κ3) is 4.05. The van der Waals surface area contributed by atoms with Crippen molar-refractivity contribution in [3.63, 3.8) is 0 Å². The lowest BCUT2D eigenvalue weighted by Crippen LogP contribution is -2.08. The van der Waals surface area contributed by atoms with Gasteiger partial charge in [-0.2, -0.15) is 0 Å². The SMILES string of the molecule is CC(C#CC1CCCO1)COc1ccc(F)cc1. The molecule has 0 spiro atoms. The van der Waals surface area contributed by atoms with Crippen molar-refractivity contribution in [2.45, 2.75) is 25.9 Å². The molecule has 2 nitrogen and oxygen atoms in total. The maximum absolute atomic E-state index is 12.7. The smallest absolute Gasteiger partial charge is 0.123 e. The molecule has 1 aliphatic rings. The van der Waals surface area contributed by atoms with Crippen molar-refractivity contribution < 1.29 is 13.9 Å². The number of ether oxygens (including phenoxy) is 2. The van der Waals surface area contributed by atoms with Gasteiger partial charge in [-0.05, 0) is 44.0 Å². The highest BCUT2D eigenvalue weighted by Crippen LogP contribution is 2.13. The standard InChI is InChI=1S/C15H17FO2/c1-12(4-7-14-3-2-10-17-14)11-18-15-8-5-13(16)6-9-15/h5-6,8-9,12,14H,2-3,10-11H2,1H3. The molecule has 2 rings (SSSR count). The van der Waals surface area contributed by atoms with Gasteiger partial charge in [0.1, 0.15) is 24.3 Å². The van der Waals surface area contributed by atoms with Gasteiger partial charge in [0.15, 0.2) is 0 Å². The zero-order valence-electron chi connectivity index (χ0n) is 10.5. The Bertz CT molecular complexity index is 424. The van der Waals surface area contributed by atoms with E-state index in [1.807, 2.05) is 6.92 Å². The van der Waals surface area contributed by atoms with E-state index in [9.17, 15) is 4.39 Å². The van der Waals surface area contributed by atoms with Gasteiger partial charge in [-0.3, -0.25) is 0 Å². The minimum Gasteiger partial charge on any atom is -0.492 e. The van der Waals surface area contributed by atoms with E-state index >= 15 is 0 Å². The van der Waals surface area contributed by atoms with E-state index in [-0.39, 0.29) is 17.8 Å². The van der Waals surface area contributed by atoms with Crippen molar-refractivity contribution in [2.24, 2.45) is 5.92 Å². The number of hydrogen-bond donors (Lipinski definition) is 0. The van der Waals surface area contributed by atoms with Crippen molar-refractivity contribution >= 4 is 0 Å². The summed E-state index contributed by atoms with van der Waals surface area (Å²) in [5.41, 5.74) is 0. The van der Waals surface area contributed by atoms with Crippen molar-refractivity contribution in [1.29, 1.82) is 0 Å². The summed E-state index contributed by atoms with van der Waals surface area (Å²) in [5.74, 6) is 6.80. The van der Waals surface area contributed by atoms with Crippen LogP contribution in [0.1, 0.15) is 19.8 Å². The number of rotatable bonds is 3. The molecule has 0 N–H and O–H groups in total. The molecule has 3 heteroatoms. The number of hydrogen-bond acceptors (Lipinski definition) is 2. The molecular formula is C15H17FO2. The first-order valence-electron chi connectivity index (χ1n) is 6.25. The maximum atomic E-state index is 12.7. The minimum absolute atomic E-state index is 0.0956. The van der Waals surface area contributed by atoms with Crippen LogP contribution >= 0.6 is 0 Å². The van der Waals surface area contributed by atoms with Gasteiger partial charge < -0.3 is 9.47 Å². The molecule has 1 saturated heterocycles. The van der Waals surface area contributed by atoms with Crippen molar-refractivity contribution in [3.05, 3.63) is 30.1 Å². The maximum Gasteiger partial charge on any atom is 0.123 e. The van der Waals surface area contributed by atoms with Crippen LogP contribution in [0.3, 0.4) is 0 Å². The summed E-state index contributed by atoms with van der Waals surface area (Å²) in [6.45, 7) is 3.33. The van der Waals surface area contributed by atoms with Gasteiger partial charge in [-0.25, -0.2) is 4.39 Å². The highest BCUT2D eigenvalue weighted by molar-refractivity contribution is 5.22. The van der Waals surface area contributed by atoms with E-state index in [1.165, 1.54) is 12.1 Å². The summed E-state index contributed by atoms with van der Waals surface area (Å²) < 4.78 is 23.6. The molecule has 1 fully saturated rings. The minimum atomic E-state index is -0.256. The topological polar surface area (TPSA) is 18.5 Å². The molecule has 0 amide bonds. The van der Waals surface area contributed by atoms with Gasteiger partial charge in [0.2, 0.25) is 0 Å². The number of benzene rings is 1. The molecule has 1 aliphatic heterocycles. The molecular weight excluding hydrogens is 231 g/mol. The molecule has 1 heterocycles. The van der Waals surface area contributed by atoms with Gasteiger partial charge >= 0.3 is 0 Å². The van der Waals surface area contributed by atoms with Crippen molar-refractivity contribution in [3.8, 4) is 17.6 Å². The molecule has 0 aromatic heterocycles. The zero-order chi connectivity index (χ0) is 12.8. The molecule has 0 radical (unpaired) electrons. The van der Waals surface area contributed by atoms with Crippen molar-refractivity contribution in [2.75, 3.05) is 13.2 Å². The molecule has 2 atom stereocenters. The monoisotopic (exact) mass is 248 g/mol. The summed E-state index contributed by atoms with van der Waals surface area (Å²) in [7, 11) is 0. The van der Waals surface area contributed by atoms with Crippen LogP contribution in [0.25, 0.3) is 0 Å². The second-order valence-electron chi connectivity index (χ2n) is 4.46. The Balaban J connectivity index is 1.77. The zero-order valence-corrected chi connectivity index (χ0v) is 10.5. The summed E-state index contributed by atoms with van der Waals surface area (Å²) in [6.07, 6.45) is 2.22. The number of halogens is 1. The predicted molar refractivity (Wildman–Crippen MR) is 67.8 cm³/mol. The van der Waals surface area contributed by atoms with Gasteiger partial charge in [0.25, 0.3) is 0 Å². The summed E-state index contributed by atoms with van der Waals surface area (Å²) >= 11 is 0. The van der Waals surface area contributed by atoms with E-state index in [4.69, 9.17) is 9.47 Å². The molecule has 1 aromatic rings. The van der Waals surface area contributed by atoms with Crippen LogP contribution in [-0.4, -0.2) is 19.3 Å². The fourth-order valence-electron chi connectivity index (χ4n) is 1.72. The predicted octanol–water partition coefficient (Wildman–Crippen LogP) is 3.02. The Hall–Kier alpha value is -1.53. The Labute approximate surface area is 107 Å². The van der Waals surface area contributed by atoms with Crippen LogP contribution in [0, 0.1) is 23.6 Å². The first-order chi connectivity index (χ1) is 8.74. The van der Waals surface area contributed by atoms with Crippen LogP contribution in [0.5, 0.6) is 5.75 Å². The van der Waals surface area contributed by atoms with Crippen LogP contribution < -0.4 is 4.74 Å². The third-order valence-electron chi connectivity index (χ3n) is 2.73.